The van der Waals surface area contributed by atoms with Gasteiger partial charge >= 0.3 is 0 Å². The second-order valence-electron chi connectivity index (χ2n) is 3.53. The third kappa shape index (κ3) is 5.06. The van der Waals surface area contributed by atoms with E-state index < -0.39 is 0 Å². The van der Waals surface area contributed by atoms with E-state index in [1.165, 1.54) is 7.11 Å². The fourth-order valence-corrected chi connectivity index (χ4v) is 1.52. The Kier molecular flexibility index (Phi) is 6.42. The summed E-state index contributed by atoms with van der Waals surface area (Å²) in [4.78, 5) is 4.82. The van der Waals surface area contributed by atoms with Crippen LogP contribution in [-0.2, 0) is 4.84 Å². The number of benzene rings is 1. The average Bonchev–Trinajstić information content (AvgIpc) is 2.34. The molecule has 0 atom stereocenters. The second kappa shape index (κ2) is 7.92. The van der Waals surface area contributed by atoms with Crippen LogP contribution in [0.15, 0.2) is 33.9 Å². The normalized spacial score (nSPS) is 10.6. The van der Waals surface area contributed by atoms with Gasteiger partial charge in [0.1, 0.15) is 7.11 Å². The van der Waals surface area contributed by atoms with E-state index in [2.05, 4.69) is 39.9 Å². The molecule has 0 spiro atoms. The highest BCUT2D eigenvalue weighted by molar-refractivity contribution is 9.10. The molecule has 0 bridgehead atoms. The maximum Gasteiger partial charge on any atom is 0.159 e. The van der Waals surface area contributed by atoms with Crippen molar-refractivity contribution in [3.05, 3.63) is 34.3 Å². The molecule has 1 rings (SSSR count). The van der Waals surface area contributed by atoms with Crippen molar-refractivity contribution in [2.24, 2.45) is 5.16 Å². The molecule has 0 radical (unpaired) electrons. The number of halogens is 1. The zero-order chi connectivity index (χ0) is 12.5. The average molecular weight is 294 g/mol. The van der Waals surface area contributed by atoms with Crippen molar-refractivity contribution in [3.8, 4) is 11.8 Å². The Hall–Kier alpha value is -1.27. The fraction of sp³-hybridized carbons (Fsp3) is 0.357. The predicted molar refractivity (Wildman–Crippen MR) is 75.0 cm³/mol. The Bertz CT molecular complexity index is 426. The van der Waals surface area contributed by atoms with E-state index in [4.69, 9.17) is 4.84 Å². The summed E-state index contributed by atoms with van der Waals surface area (Å²) in [6.45, 7) is 2.15. The molecular weight excluding hydrogens is 278 g/mol. The summed E-state index contributed by atoms with van der Waals surface area (Å²) in [7, 11) is 1.53. The Morgan fingerprint density at radius 2 is 2.06 bits per heavy atom. The van der Waals surface area contributed by atoms with Gasteiger partial charge in [-0.3, -0.25) is 0 Å². The zero-order valence-corrected chi connectivity index (χ0v) is 11.8. The standard InChI is InChI=1S/C14H16BrNO/c1-3-4-5-6-7-14(16-17-2)12-8-10-13(15)11-9-12/h8-11H,3-5H2,1-2H3/b16-14+. The van der Waals surface area contributed by atoms with E-state index in [1.807, 2.05) is 24.3 Å². The molecule has 0 heterocycles. The summed E-state index contributed by atoms with van der Waals surface area (Å²) in [5, 5.41) is 3.95. The molecule has 0 aliphatic heterocycles. The molecule has 0 aliphatic rings. The maximum absolute atomic E-state index is 4.82. The highest BCUT2D eigenvalue weighted by Gasteiger charge is 2.00. The Morgan fingerprint density at radius 3 is 2.65 bits per heavy atom. The van der Waals surface area contributed by atoms with Crippen molar-refractivity contribution in [3.63, 3.8) is 0 Å². The first-order chi connectivity index (χ1) is 8.27. The van der Waals surface area contributed by atoms with Crippen LogP contribution in [0.2, 0.25) is 0 Å². The van der Waals surface area contributed by atoms with Crippen molar-refractivity contribution in [2.45, 2.75) is 26.2 Å². The van der Waals surface area contributed by atoms with Crippen LogP contribution in [0.4, 0.5) is 0 Å². The molecule has 0 unspecified atom stereocenters. The monoisotopic (exact) mass is 293 g/mol. The van der Waals surface area contributed by atoms with E-state index in [0.717, 1.165) is 29.3 Å². The van der Waals surface area contributed by atoms with E-state index in [-0.39, 0.29) is 0 Å². The Morgan fingerprint density at radius 1 is 1.35 bits per heavy atom. The Labute approximate surface area is 111 Å². The van der Waals surface area contributed by atoms with Crippen LogP contribution in [0, 0.1) is 11.8 Å². The van der Waals surface area contributed by atoms with E-state index in [9.17, 15) is 0 Å². The van der Waals surface area contributed by atoms with Crippen LogP contribution < -0.4 is 0 Å². The summed E-state index contributed by atoms with van der Waals surface area (Å²) in [6.07, 6.45) is 3.17. The predicted octanol–water partition coefficient (Wildman–Crippen LogP) is 3.99. The lowest BCUT2D eigenvalue weighted by molar-refractivity contribution is 0.214. The molecular formula is C14H16BrNO. The van der Waals surface area contributed by atoms with Gasteiger partial charge in [0.25, 0.3) is 0 Å². The molecule has 2 nitrogen and oxygen atoms in total. The number of hydrogen-bond donors (Lipinski definition) is 0. The number of oxime groups is 1. The first kappa shape index (κ1) is 13.8. The molecule has 0 aromatic heterocycles. The molecule has 1 aromatic rings. The van der Waals surface area contributed by atoms with Gasteiger partial charge in [-0.25, -0.2) is 0 Å². The molecule has 17 heavy (non-hydrogen) atoms. The SMILES string of the molecule is CCCCC#C/C(=N\OC)c1ccc(Br)cc1. The van der Waals surface area contributed by atoms with Crippen molar-refractivity contribution in [1.29, 1.82) is 0 Å². The number of hydrogen-bond acceptors (Lipinski definition) is 2. The quantitative estimate of drug-likeness (QED) is 0.356. The number of nitrogens with zero attached hydrogens (tertiary/aromatic N) is 1. The third-order valence-corrected chi connectivity index (χ3v) is 2.69. The number of unbranched alkanes of at least 4 members (excludes halogenated alkanes) is 2. The first-order valence-electron chi connectivity index (χ1n) is 5.64. The molecule has 0 N–H and O–H groups in total. The lowest BCUT2D eigenvalue weighted by Gasteiger charge is -1.98. The van der Waals surface area contributed by atoms with Crippen LogP contribution in [0.25, 0.3) is 0 Å². The van der Waals surface area contributed by atoms with Gasteiger partial charge in [0, 0.05) is 16.5 Å². The van der Waals surface area contributed by atoms with Gasteiger partial charge < -0.3 is 4.84 Å². The second-order valence-corrected chi connectivity index (χ2v) is 4.45. The topological polar surface area (TPSA) is 21.6 Å². The molecule has 1 aromatic carbocycles. The van der Waals surface area contributed by atoms with Crippen molar-refractivity contribution in [2.75, 3.05) is 7.11 Å². The van der Waals surface area contributed by atoms with Crippen LogP contribution in [-0.4, -0.2) is 12.8 Å². The van der Waals surface area contributed by atoms with Crippen LogP contribution in [0.5, 0.6) is 0 Å². The van der Waals surface area contributed by atoms with Gasteiger partial charge in [-0.15, -0.1) is 0 Å². The molecule has 3 heteroatoms. The smallest absolute Gasteiger partial charge is 0.159 e. The molecule has 90 valence electrons. The van der Waals surface area contributed by atoms with E-state index >= 15 is 0 Å². The van der Waals surface area contributed by atoms with Crippen molar-refractivity contribution >= 4 is 21.6 Å². The van der Waals surface area contributed by atoms with Crippen molar-refractivity contribution < 1.29 is 4.84 Å². The molecule has 0 amide bonds. The summed E-state index contributed by atoms with van der Waals surface area (Å²) < 4.78 is 1.04. The first-order valence-corrected chi connectivity index (χ1v) is 6.43. The van der Waals surface area contributed by atoms with Crippen LogP contribution >= 0.6 is 15.9 Å². The summed E-state index contributed by atoms with van der Waals surface area (Å²) in [6, 6.07) is 7.87. The van der Waals surface area contributed by atoms with E-state index in [0.29, 0.717) is 5.71 Å². The summed E-state index contributed by atoms with van der Waals surface area (Å²) in [5.74, 6) is 6.16. The minimum absolute atomic E-state index is 0.677. The zero-order valence-electron chi connectivity index (χ0n) is 10.2. The van der Waals surface area contributed by atoms with Gasteiger partial charge in [0.05, 0.1) is 0 Å². The van der Waals surface area contributed by atoms with Crippen LogP contribution in [0.1, 0.15) is 31.7 Å². The highest BCUT2D eigenvalue weighted by Crippen LogP contribution is 2.11. The molecule has 0 saturated carbocycles. The highest BCUT2D eigenvalue weighted by atomic mass is 79.9. The van der Waals surface area contributed by atoms with Crippen LogP contribution in [0.3, 0.4) is 0 Å². The van der Waals surface area contributed by atoms with Gasteiger partial charge in [-0.2, -0.15) is 0 Å². The third-order valence-electron chi connectivity index (χ3n) is 2.16. The van der Waals surface area contributed by atoms with Gasteiger partial charge in [0.2, 0.25) is 0 Å². The minimum Gasteiger partial charge on any atom is -0.398 e. The van der Waals surface area contributed by atoms with Gasteiger partial charge in [0.15, 0.2) is 5.71 Å². The van der Waals surface area contributed by atoms with Crippen molar-refractivity contribution in [1.82, 2.24) is 0 Å². The lowest BCUT2D eigenvalue weighted by atomic mass is 10.1. The molecule has 0 aliphatic carbocycles. The maximum atomic E-state index is 4.82. The molecule has 0 fully saturated rings. The fourth-order valence-electron chi connectivity index (χ4n) is 1.26. The van der Waals surface area contributed by atoms with Gasteiger partial charge in [-0.05, 0) is 24.5 Å². The minimum atomic E-state index is 0.677. The number of rotatable bonds is 4. The molecule has 0 saturated heterocycles. The largest absolute Gasteiger partial charge is 0.398 e. The summed E-state index contributed by atoms with van der Waals surface area (Å²) in [5.41, 5.74) is 1.65. The van der Waals surface area contributed by atoms with Gasteiger partial charge in [-0.1, -0.05) is 52.5 Å². The summed E-state index contributed by atoms with van der Waals surface area (Å²) >= 11 is 3.40. The lowest BCUT2D eigenvalue weighted by Crippen LogP contribution is -1.98. The van der Waals surface area contributed by atoms with E-state index in [1.54, 1.807) is 0 Å². The Balaban J connectivity index is 2.82.